The Labute approximate surface area is 396 Å². The van der Waals surface area contributed by atoms with E-state index in [1.807, 2.05) is 31.2 Å². The van der Waals surface area contributed by atoms with Crippen molar-refractivity contribution >= 4 is 29.8 Å². The molecule has 0 bridgehead atoms. The molecule has 0 N–H and O–H groups in total. The van der Waals surface area contributed by atoms with Crippen LogP contribution in [0.1, 0.15) is 131 Å². The zero-order valence-electron chi connectivity index (χ0n) is 39.6. The Morgan fingerprint density at radius 2 is 0.881 bits per heavy atom. The molecule has 0 spiro atoms. The molecule has 0 aliphatic heterocycles. The number of benzene rings is 4. The average molecular weight is 921 g/mol. The van der Waals surface area contributed by atoms with Gasteiger partial charge in [-0.25, -0.2) is 19.2 Å². The van der Waals surface area contributed by atoms with Crippen LogP contribution in [-0.4, -0.2) is 62.9 Å². The number of ether oxygens (including phenoxy) is 7. The summed E-state index contributed by atoms with van der Waals surface area (Å²) in [6, 6.07) is 28.1. The van der Waals surface area contributed by atoms with Crippen LogP contribution < -0.4 is 18.9 Å². The van der Waals surface area contributed by atoms with Crippen LogP contribution in [-0.2, 0) is 28.6 Å². The van der Waals surface area contributed by atoms with E-state index in [1.54, 1.807) is 79.7 Å². The number of esters is 5. The lowest BCUT2D eigenvalue weighted by Gasteiger charge is -2.09. The zero-order valence-corrected chi connectivity index (χ0v) is 39.6. The van der Waals surface area contributed by atoms with Gasteiger partial charge in [-0.05, 0) is 149 Å². The van der Waals surface area contributed by atoms with E-state index in [-0.39, 0.29) is 11.9 Å². The molecule has 4 aromatic carbocycles. The number of hydrogen-bond acceptors (Lipinski definition) is 12. The van der Waals surface area contributed by atoms with Crippen molar-refractivity contribution in [1.29, 1.82) is 0 Å². The second kappa shape index (κ2) is 32.9. The lowest BCUT2D eigenvalue weighted by molar-refractivity contribution is -0.144. The van der Waals surface area contributed by atoms with E-state index >= 15 is 0 Å². The SMILES string of the molecule is C=C(C)C(=O)OCCCCCC(=O)OCCCCCCC.C=CC(=O)OCCCCCCOc1ccc(C(=O)Oc2ccc(-c3ccc(OC(=O)c4ccc(OCCC)cc4)cc3)cc2)cc1. The van der Waals surface area contributed by atoms with Gasteiger partial charge in [0, 0.05) is 18.1 Å². The van der Waals surface area contributed by atoms with Crippen LogP contribution in [0, 0.1) is 0 Å². The standard InChI is InChI=1S/C38H38O8.C17H30O4/c1-3-25-42-32-17-13-30(14-18-32)37(40)45-34-21-9-28(10-22-34)29-11-23-35(24-12-29)46-38(41)31-15-19-33(20-16-31)43-26-7-5-6-8-27-44-36(39)4-2;1-4-5-6-7-10-13-20-16(18)12-9-8-11-14-21-17(19)15(2)3/h4,9-24H,2-3,5-8,25-27H2,1H3;2,4-14H2,1,3H3. The van der Waals surface area contributed by atoms with Gasteiger partial charge in [0.15, 0.2) is 0 Å². The Morgan fingerprint density at radius 1 is 0.463 bits per heavy atom. The predicted molar refractivity (Wildman–Crippen MR) is 260 cm³/mol. The van der Waals surface area contributed by atoms with Crippen molar-refractivity contribution in [3.05, 3.63) is 133 Å². The lowest BCUT2D eigenvalue weighted by Crippen LogP contribution is -2.08. The molecule has 0 saturated heterocycles. The maximum absolute atomic E-state index is 12.7. The summed E-state index contributed by atoms with van der Waals surface area (Å²) in [6.07, 6.45) is 14.3. The monoisotopic (exact) mass is 920 g/mol. The minimum absolute atomic E-state index is 0.121. The van der Waals surface area contributed by atoms with Crippen LogP contribution in [0.2, 0.25) is 0 Å². The van der Waals surface area contributed by atoms with Gasteiger partial charge in [-0.1, -0.05) is 77.0 Å². The first-order valence-electron chi connectivity index (χ1n) is 23.4. The third-order valence-electron chi connectivity index (χ3n) is 9.95. The predicted octanol–water partition coefficient (Wildman–Crippen LogP) is 12.4. The van der Waals surface area contributed by atoms with Crippen LogP contribution in [0.3, 0.4) is 0 Å². The van der Waals surface area contributed by atoms with Crippen molar-refractivity contribution in [1.82, 2.24) is 0 Å². The normalized spacial score (nSPS) is 10.4. The topological polar surface area (TPSA) is 150 Å². The highest BCUT2D eigenvalue weighted by atomic mass is 16.5. The van der Waals surface area contributed by atoms with E-state index in [4.69, 9.17) is 33.2 Å². The molecule has 0 amide bonds. The number of carbonyl (C=O) groups excluding carboxylic acids is 5. The largest absolute Gasteiger partial charge is 0.494 e. The third kappa shape index (κ3) is 23.4. The molecule has 0 aliphatic rings. The molecule has 0 fully saturated rings. The fourth-order valence-corrected chi connectivity index (χ4v) is 6.14. The fraction of sp³-hybridized carbons (Fsp3) is 0.400. The number of rotatable bonds is 30. The maximum atomic E-state index is 12.7. The molecule has 0 atom stereocenters. The molecule has 0 saturated carbocycles. The van der Waals surface area contributed by atoms with Gasteiger partial charge in [-0.2, -0.15) is 0 Å². The van der Waals surface area contributed by atoms with Crippen LogP contribution in [0.15, 0.2) is 122 Å². The molecule has 4 aromatic rings. The van der Waals surface area contributed by atoms with Crippen molar-refractivity contribution < 1.29 is 57.1 Å². The van der Waals surface area contributed by atoms with E-state index in [2.05, 4.69) is 20.1 Å². The Hall–Kier alpha value is -6.69. The summed E-state index contributed by atoms with van der Waals surface area (Å²) in [6.45, 7) is 15.2. The van der Waals surface area contributed by atoms with Crippen molar-refractivity contribution in [3.8, 4) is 34.1 Å². The number of hydrogen-bond donors (Lipinski definition) is 0. The Balaban J connectivity index is 0.000000477. The molecule has 0 aromatic heterocycles. The van der Waals surface area contributed by atoms with Crippen LogP contribution >= 0.6 is 0 Å². The van der Waals surface area contributed by atoms with E-state index in [9.17, 15) is 24.0 Å². The molecule has 0 heterocycles. The van der Waals surface area contributed by atoms with Gasteiger partial charge in [0.2, 0.25) is 0 Å². The maximum Gasteiger partial charge on any atom is 0.343 e. The summed E-state index contributed by atoms with van der Waals surface area (Å²) >= 11 is 0. The van der Waals surface area contributed by atoms with Crippen molar-refractivity contribution in [3.63, 3.8) is 0 Å². The molecule has 67 heavy (non-hydrogen) atoms. The minimum Gasteiger partial charge on any atom is -0.494 e. The zero-order chi connectivity index (χ0) is 48.5. The summed E-state index contributed by atoms with van der Waals surface area (Å²) in [5.41, 5.74) is 3.10. The van der Waals surface area contributed by atoms with Crippen molar-refractivity contribution in [2.45, 2.75) is 111 Å². The smallest absolute Gasteiger partial charge is 0.343 e. The minimum atomic E-state index is -0.467. The van der Waals surface area contributed by atoms with E-state index < -0.39 is 17.9 Å². The molecular formula is C55H68O12. The lowest BCUT2D eigenvalue weighted by atomic mass is 10.1. The van der Waals surface area contributed by atoms with E-state index in [0.717, 1.165) is 81.4 Å². The highest BCUT2D eigenvalue weighted by Gasteiger charge is 2.12. The van der Waals surface area contributed by atoms with Gasteiger partial charge >= 0.3 is 29.8 Å². The summed E-state index contributed by atoms with van der Waals surface area (Å²) in [5, 5.41) is 0. The van der Waals surface area contributed by atoms with E-state index in [1.165, 1.54) is 19.3 Å². The molecule has 0 radical (unpaired) electrons. The molecular weight excluding hydrogens is 853 g/mol. The first-order valence-corrected chi connectivity index (χ1v) is 23.4. The Kier molecular flexibility index (Phi) is 26.8. The van der Waals surface area contributed by atoms with Crippen LogP contribution in [0.25, 0.3) is 11.1 Å². The van der Waals surface area contributed by atoms with Gasteiger partial charge < -0.3 is 33.2 Å². The first kappa shape index (κ1) is 54.6. The number of carbonyl (C=O) groups is 5. The van der Waals surface area contributed by atoms with Crippen LogP contribution in [0.4, 0.5) is 0 Å². The average Bonchev–Trinajstić information content (AvgIpc) is 3.34. The van der Waals surface area contributed by atoms with Gasteiger partial charge in [-0.3, -0.25) is 4.79 Å². The summed E-state index contributed by atoms with van der Waals surface area (Å²) < 4.78 is 37.5. The second-order valence-electron chi connectivity index (χ2n) is 15.7. The van der Waals surface area contributed by atoms with Gasteiger partial charge in [0.1, 0.15) is 23.0 Å². The summed E-state index contributed by atoms with van der Waals surface area (Å²) in [4.78, 5) is 58.7. The van der Waals surface area contributed by atoms with Crippen LogP contribution in [0.5, 0.6) is 23.0 Å². The second-order valence-corrected chi connectivity index (χ2v) is 15.7. The highest BCUT2D eigenvalue weighted by Crippen LogP contribution is 2.26. The Morgan fingerprint density at radius 3 is 1.34 bits per heavy atom. The first-order chi connectivity index (χ1) is 32.5. The molecule has 12 heteroatoms. The molecule has 4 rings (SSSR count). The van der Waals surface area contributed by atoms with E-state index in [0.29, 0.717) is 79.2 Å². The Bertz CT molecular complexity index is 2090. The number of unbranched alkanes of at least 4 members (excludes halogenated alkanes) is 9. The fourth-order valence-electron chi connectivity index (χ4n) is 6.14. The highest BCUT2D eigenvalue weighted by molar-refractivity contribution is 5.92. The molecule has 0 aliphatic carbocycles. The van der Waals surface area contributed by atoms with Gasteiger partial charge in [0.25, 0.3) is 0 Å². The summed E-state index contributed by atoms with van der Waals surface area (Å²) in [7, 11) is 0. The molecule has 360 valence electrons. The van der Waals surface area contributed by atoms with Crippen molar-refractivity contribution in [2.75, 3.05) is 33.0 Å². The molecule has 12 nitrogen and oxygen atoms in total. The van der Waals surface area contributed by atoms with Gasteiger partial charge in [0.05, 0.1) is 44.2 Å². The third-order valence-corrected chi connectivity index (χ3v) is 9.95. The van der Waals surface area contributed by atoms with Crippen molar-refractivity contribution in [2.24, 2.45) is 0 Å². The quantitative estimate of drug-likeness (QED) is 0.0161. The molecule has 0 unspecified atom stereocenters. The summed E-state index contributed by atoms with van der Waals surface area (Å²) in [5.74, 6) is 0.461. The van der Waals surface area contributed by atoms with Gasteiger partial charge in [-0.15, -0.1) is 0 Å².